The zero-order valence-corrected chi connectivity index (χ0v) is 11.6. The molecule has 4 atom stereocenters. The van der Waals surface area contributed by atoms with E-state index in [0.717, 1.165) is 6.42 Å². The van der Waals surface area contributed by atoms with Crippen molar-refractivity contribution in [1.29, 1.82) is 0 Å². The number of nitrogens with one attached hydrogen (secondary N) is 1. The molecule has 1 rings (SSSR count). The van der Waals surface area contributed by atoms with Crippen LogP contribution in [-0.2, 0) is 9.59 Å². The van der Waals surface area contributed by atoms with Gasteiger partial charge in [-0.05, 0) is 31.1 Å². The number of hydrogen-bond donors (Lipinski definition) is 3. The molecule has 104 valence electrons. The number of carboxylic acid groups (broad SMARTS) is 1. The van der Waals surface area contributed by atoms with Crippen molar-refractivity contribution in [3.05, 3.63) is 0 Å². The molecule has 0 heterocycles. The number of nitrogens with two attached hydrogens (primary N) is 1. The third kappa shape index (κ3) is 2.83. The summed E-state index contributed by atoms with van der Waals surface area (Å²) >= 11 is 0. The first-order valence-corrected chi connectivity index (χ1v) is 6.46. The predicted molar refractivity (Wildman–Crippen MR) is 68.9 cm³/mol. The summed E-state index contributed by atoms with van der Waals surface area (Å²) in [6.45, 7) is 7.75. The fourth-order valence-corrected chi connectivity index (χ4v) is 2.88. The molecule has 0 aliphatic heterocycles. The number of carboxylic acids is 1. The minimum Gasteiger partial charge on any atom is -0.481 e. The van der Waals surface area contributed by atoms with Crippen LogP contribution in [0, 0.1) is 17.3 Å². The summed E-state index contributed by atoms with van der Waals surface area (Å²) < 4.78 is 0. The number of carbonyl (C=O) groups is 2. The molecule has 0 saturated heterocycles. The smallest absolute Gasteiger partial charge is 0.307 e. The van der Waals surface area contributed by atoms with Gasteiger partial charge in [-0.15, -0.1) is 0 Å². The van der Waals surface area contributed by atoms with Crippen molar-refractivity contribution < 1.29 is 14.7 Å². The Morgan fingerprint density at radius 3 is 2.39 bits per heavy atom. The van der Waals surface area contributed by atoms with Gasteiger partial charge in [-0.25, -0.2) is 0 Å². The third-order valence-electron chi connectivity index (χ3n) is 4.63. The lowest BCUT2D eigenvalue weighted by Gasteiger charge is -2.47. The van der Waals surface area contributed by atoms with Crippen LogP contribution in [0.25, 0.3) is 0 Å². The van der Waals surface area contributed by atoms with Crippen molar-refractivity contribution in [2.45, 2.75) is 52.6 Å². The van der Waals surface area contributed by atoms with Crippen LogP contribution in [0.1, 0.15) is 40.5 Å². The minimum absolute atomic E-state index is 0.137. The molecule has 5 nitrogen and oxygen atoms in total. The van der Waals surface area contributed by atoms with Gasteiger partial charge in [-0.1, -0.05) is 20.8 Å². The lowest BCUT2D eigenvalue weighted by molar-refractivity contribution is -0.150. The molecule has 4 N–H and O–H groups in total. The SMILES string of the molecule is CC(NC1CCC(C(=O)O)C(C)(C)C1C)C(N)=O. The van der Waals surface area contributed by atoms with Crippen LogP contribution in [0.4, 0.5) is 0 Å². The summed E-state index contributed by atoms with van der Waals surface area (Å²) in [5.74, 6) is -1.25. The Morgan fingerprint density at radius 1 is 1.39 bits per heavy atom. The van der Waals surface area contributed by atoms with E-state index in [9.17, 15) is 14.7 Å². The molecule has 1 aliphatic rings. The van der Waals surface area contributed by atoms with Gasteiger partial charge in [-0.3, -0.25) is 9.59 Å². The molecule has 1 amide bonds. The molecule has 0 aromatic carbocycles. The van der Waals surface area contributed by atoms with Crippen molar-refractivity contribution in [2.24, 2.45) is 23.0 Å². The van der Waals surface area contributed by atoms with Crippen molar-refractivity contribution >= 4 is 11.9 Å². The second kappa shape index (κ2) is 5.26. The first kappa shape index (κ1) is 15.0. The maximum atomic E-state index is 11.3. The Kier molecular flexibility index (Phi) is 4.37. The number of amides is 1. The van der Waals surface area contributed by atoms with Crippen LogP contribution in [0.3, 0.4) is 0 Å². The molecule has 0 spiro atoms. The van der Waals surface area contributed by atoms with Gasteiger partial charge < -0.3 is 16.2 Å². The summed E-state index contributed by atoms with van der Waals surface area (Å²) in [7, 11) is 0. The van der Waals surface area contributed by atoms with Gasteiger partial charge in [0.1, 0.15) is 0 Å². The fraction of sp³-hybridized carbons (Fsp3) is 0.846. The van der Waals surface area contributed by atoms with E-state index in [1.165, 1.54) is 0 Å². The van der Waals surface area contributed by atoms with E-state index in [-0.39, 0.29) is 35.2 Å². The highest BCUT2D eigenvalue weighted by Crippen LogP contribution is 2.45. The number of primary amides is 1. The second-order valence-corrected chi connectivity index (χ2v) is 5.98. The molecule has 0 bridgehead atoms. The molecule has 1 fully saturated rings. The minimum atomic E-state index is -0.728. The van der Waals surface area contributed by atoms with Crippen LogP contribution in [0.5, 0.6) is 0 Å². The summed E-state index contributed by atoms with van der Waals surface area (Å²) in [5, 5.41) is 12.5. The molecular weight excluding hydrogens is 232 g/mol. The Hall–Kier alpha value is -1.10. The molecule has 1 aliphatic carbocycles. The number of aliphatic carboxylic acids is 1. The van der Waals surface area contributed by atoms with Crippen LogP contribution < -0.4 is 11.1 Å². The Morgan fingerprint density at radius 2 is 1.94 bits per heavy atom. The van der Waals surface area contributed by atoms with E-state index in [2.05, 4.69) is 5.32 Å². The molecule has 5 heteroatoms. The molecule has 4 unspecified atom stereocenters. The average molecular weight is 256 g/mol. The molecule has 0 aromatic heterocycles. The van der Waals surface area contributed by atoms with Crippen LogP contribution >= 0.6 is 0 Å². The predicted octanol–water partition coefficient (Wildman–Crippen LogP) is 0.975. The monoisotopic (exact) mass is 256 g/mol. The normalized spacial score (nSPS) is 32.8. The zero-order chi connectivity index (χ0) is 14.1. The lowest BCUT2D eigenvalue weighted by Crippen LogP contribution is -2.55. The molecule has 18 heavy (non-hydrogen) atoms. The van der Waals surface area contributed by atoms with Crippen molar-refractivity contribution in [3.63, 3.8) is 0 Å². The van der Waals surface area contributed by atoms with Gasteiger partial charge in [0.25, 0.3) is 0 Å². The molecule has 0 aromatic rings. The third-order valence-corrected chi connectivity index (χ3v) is 4.63. The first-order valence-electron chi connectivity index (χ1n) is 6.46. The van der Waals surface area contributed by atoms with Gasteiger partial charge >= 0.3 is 5.97 Å². The largest absolute Gasteiger partial charge is 0.481 e. The number of hydrogen-bond acceptors (Lipinski definition) is 3. The van der Waals surface area contributed by atoms with Crippen molar-refractivity contribution in [2.75, 3.05) is 0 Å². The first-order chi connectivity index (χ1) is 8.17. The van der Waals surface area contributed by atoms with Crippen LogP contribution in [0.2, 0.25) is 0 Å². The highest BCUT2D eigenvalue weighted by atomic mass is 16.4. The molecular formula is C13H24N2O3. The Balaban J connectivity index is 2.78. The summed E-state index contributed by atoms with van der Waals surface area (Å²) in [4.78, 5) is 22.3. The van der Waals surface area contributed by atoms with Crippen molar-refractivity contribution in [3.8, 4) is 0 Å². The quantitative estimate of drug-likeness (QED) is 0.699. The topological polar surface area (TPSA) is 92.4 Å². The zero-order valence-electron chi connectivity index (χ0n) is 11.6. The van der Waals surface area contributed by atoms with Gasteiger partial charge in [0.15, 0.2) is 0 Å². The maximum Gasteiger partial charge on any atom is 0.307 e. The van der Waals surface area contributed by atoms with E-state index in [1.807, 2.05) is 20.8 Å². The molecule has 1 saturated carbocycles. The van der Waals surface area contributed by atoms with E-state index >= 15 is 0 Å². The van der Waals surface area contributed by atoms with Gasteiger partial charge in [0, 0.05) is 6.04 Å². The van der Waals surface area contributed by atoms with Gasteiger partial charge in [0.05, 0.1) is 12.0 Å². The van der Waals surface area contributed by atoms with Gasteiger partial charge in [0.2, 0.25) is 5.91 Å². The number of rotatable bonds is 4. The van der Waals surface area contributed by atoms with Crippen LogP contribution in [0.15, 0.2) is 0 Å². The van der Waals surface area contributed by atoms with E-state index in [1.54, 1.807) is 6.92 Å². The lowest BCUT2D eigenvalue weighted by atomic mass is 9.61. The highest BCUT2D eigenvalue weighted by Gasteiger charge is 2.46. The standard InChI is InChI=1S/C13H24N2O3/c1-7-10(15-8(2)11(14)16)6-5-9(12(17)18)13(7,3)4/h7-10,15H,5-6H2,1-4H3,(H2,14,16)(H,17,18). The average Bonchev–Trinajstić information content (AvgIpc) is 2.23. The van der Waals surface area contributed by atoms with E-state index in [4.69, 9.17) is 5.73 Å². The summed E-state index contributed by atoms with van der Waals surface area (Å²) in [5.41, 5.74) is 4.95. The summed E-state index contributed by atoms with van der Waals surface area (Å²) in [6.07, 6.45) is 1.40. The van der Waals surface area contributed by atoms with Crippen LogP contribution in [-0.4, -0.2) is 29.1 Å². The Labute approximate surface area is 108 Å². The van der Waals surface area contributed by atoms with Crippen molar-refractivity contribution in [1.82, 2.24) is 5.32 Å². The van der Waals surface area contributed by atoms with Gasteiger partial charge in [-0.2, -0.15) is 0 Å². The summed E-state index contributed by atoms with van der Waals surface area (Å²) in [6, 6.07) is -0.243. The molecule has 0 radical (unpaired) electrons. The maximum absolute atomic E-state index is 11.3. The fourth-order valence-electron chi connectivity index (χ4n) is 2.88. The second-order valence-electron chi connectivity index (χ2n) is 5.98. The van der Waals surface area contributed by atoms with E-state index < -0.39 is 5.97 Å². The number of carbonyl (C=O) groups excluding carboxylic acids is 1. The highest BCUT2D eigenvalue weighted by molar-refractivity contribution is 5.79. The Bertz CT molecular complexity index is 341. The van der Waals surface area contributed by atoms with E-state index in [0.29, 0.717) is 6.42 Å².